The Morgan fingerprint density at radius 2 is 1.81 bits per heavy atom. The van der Waals surface area contributed by atoms with Crippen LogP contribution in [0.4, 0.5) is 5.69 Å². The number of carbonyl (C=O) groups is 1. The van der Waals surface area contributed by atoms with Crippen molar-refractivity contribution < 1.29 is 13.2 Å². The number of nitrogens with one attached hydrogen (secondary N) is 2. The van der Waals surface area contributed by atoms with Gasteiger partial charge in [-0.2, -0.15) is 5.26 Å². The molecular weight excluding hydrogens is 412 g/mol. The first-order chi connectivity index (χ1) is 14.8. The second-order valence-electron chi connectivity index (χ2n) is 7.90. The molecule has 3 rings (SSSR count). The number of hydrogen-bond acceptors (Lipinski definition) is 5. The topological polar surface area (TPSA) is 102 Å². The number of amides is 1. The number of nitriles is 1. The molecule has 1 aliphatic heterocycles. The summed E-state index contributed by atoms with van der Waals surface area (Å²) in [6.07, 6.45) is 1.74. The molecule has 8 heteroatoms. The van der Waals surface area contributed by atoms with Gasteiger partial charge in [-0.05, 0) is 62.6 Å². The van der Waals surface area contributed by atoms with Crippen LogP contribution in [0.15, 0.2) is 47.4 Å². The van der Waals surface area contributed by atoms with Gasteiger partial charge in [0.2, 0.25) is 15.9 Å². The summed E-state index contributed by atoms with van der Waals surface area (Å²) in [4.78, 5) is 14.8. The lowest BCUT2D eigenvalue weighted by molar-refractivity contribution is -0.121. The molecule has 1 heterocycles. The molecular formula is C23H28N4O3S. The van der Waals surface area contributed by atoms with Crippen LogP contribution < -0.4 is 14.9 Å². The highest BCUT2D eigenvalue weighted by molar-refractivity contribution is 7.89. The van der Waals surface area contributed by atoms with E-state index in [0.29, 0.717) is 11.1 Å². The summed E-state index contributed by atoms with van der Waals surface area (Å²) in [6, 6.07) is 14.9. The summed E-state index contributed by atoms with van der Waals surface area (Å²) in [7, 11) is -3.64. The molecule has 1 amide bonds. The SMILES string of the molecule is Cc1ccc(S(=O)(=O)NCCC(=O)NC2CCN(c3ccc(C#N)cc3)CC2)c(C)c1. The number of nitrogens with zero attached hydrogens (tertiary/aromatic N) is 2. The first-order valence-electron chi connectivity index (χ1n) is 10.4. The van der Waals surface area contributed by atoms with Gasteiger partial charge < -0.3 is 10.2 Å². The maximum Gasteiger partial charge on any atom is 0.240 e. The summed E-state index contributed by atoms with van der Waals surface area (Å²) < 4.78 is 27.5. The maximum atomic E-state index is 12.5. The number of piperidine rings is 1. The molecule has 31 heavy (non-hydrogen) atoms. The number of benzene rings is 2. The molecule has 2 N–H and O–H groups in total. The second kappa shape index (κ2) is 9.94. The highest BCUT2D eigenvalue weighted by Gasteiger charge is 2.21. The molecule has 7 nitrogen and oxygen atoms in total. The van der Waals surface area contributed by atoms with E-state index in [1.165, 1.54) is 0 Å². The predicted octanol–water partition coefficient (Wildman–Crippen LogP) is 2.63. The summed E-state index contributed by atoms with van der Waals surface area (Å²) in [6.45, 7) is 5.37. The number of hydrogen-bond donors (Lipinski definition) is 2. The van der Waals surface area contributed by atoms with E-state index in [9.17, 15) is 13.2 Å². The van der Waals surface area contributed by atoms with Gasteiger partial charge in [-0.3, -0.25) is 4.79 Å². The Kier molecular flexibility index (Phi) is 7.31. The zero-order valence-corrected chi connectivity index (χ0v) is 18.7. The number of rotatable bonds is 7. The average molecular weight is 441 g/mol. The van der Waals surface area contributed by atoms with Gasteiger partial charge in [0.15, 0.2) is 0 Å². The van der Waals surface area contributed by atoms with Gasteiger partial charge in [-0.1, -0.05) is 17.7 Å². The van der Waals surface area contributed by atoms with E-state index in [0.717, 1.165) is 37.2 Å². The van der Waals surface area contributed by atoms with E-state index in [1.807, 2.05) is 37.3 Å². The van der Waals surface area contributed by atoms with Crippen molar-refractivity contribution in [3.05, 3.63) is 59.2 Å². The van der Waals surface area contributed by atoms with Gasteiger partial charge in [-0.25, -0.2) is 13.1 Å². The van der Waals surface area contributed by atoms with Crippen LogP contribution in [-0.2, 0) is 14.8 Å². The van der Waals surface area contributed by atoms with E-state index >= 15 is 0 Å². The third kappa shape index (κ3) is 6.06. The third-order valence-electron chi connectivity index (χ3n) is 5.49. The summed E-state index contributed by atoms with van der Waals surface area (Å²) in [5, 5.41) is 11.9. The fourth-order valence-electron chi connectivity index (χ4n) is 3.81. The zero-order valence-electron chi connectivity index (χ0n) is 17.9. The van der Waals surface area contributed by atoms with Crippen molar-refractivity contribution in [2.75, 3.05) is 24.5 Å². The Hall–Kier alpha value is -2.89. The molecule has 0 bridgehead atoms. The minimum absolute atomic E-state index is 0.0611. The minimum Gasteiger partial charge on any atom is -0.371 e. The van der Waals surface area contributed by atoms with Crippen molar-refractivity contribution in [2.24, 2.45) is 0 Å². The van der Waals surface area contributed by atoms with Gasteiger partial charge in [0.05, 0.1) is 16.5 Å². The Bertz CT molecular complexity index is 1070. The minimum atomic E-state index is -3.64. The number of aryl methyl sites for hydroxylation is 2. The Balaban J connectivity index is 1.42. The van der Waals surface area contributed by atoms with Crippen LogP contribution in [0.5, 0.6) is 0 Å². The van der Waals surface area contributed by atoms with E-state index in [1.54, 1.807) is 19.1 Å². The van der Waals surface area contributed by atoms with Crippen LogP contribution >= 0.6 is 0 Å². The first-order valence-corrected chi connectivity index (χ1v) is 11.9. The summed E-state index contributed by atoms with van der Waals surface area (Å²) in [5.74, 6) is -0.153. The molecule has 2 aromatic rings. The highest BCUT2D eigenvalue weighted by Crippen LogP contribution is 2.20. The highest BCUT2D eigenvalue weighted by atomic mass is 32.2. The van der Waals surface area contributed by atoms with Crippen LogP contribution in [0.25, 0.3) is 0 Å². The smallest absolute Gasteiger partial charge is 0.240 e. The van der Waals surface area contributed by atoms with Gasteiger partial charge in [0.1, 0.15) is 0 Å². The molecule has 0 atom stereocenters. The van der Waals surface area contributed by atoms with E-state index in [4.69, 9.17) is 5.26 Å². The number of sulfonamides is 1. The zero-order chi connectivity index (χ0) is 22.4. The molecule has 0 unspecified atom stereocenters. The standard InChI is InChI=1S/C23H28N4O3S/c1-17-3-8-22(18(2)15-17)31(29,30)25-12-9-23(28)26-20-10-13-27(14-11-20)21-6-4-19(16-24)5-7-21/h3-8,15,20,25H,9-14H2,1-2H3,(H,26,28). The third-order valence-corrected chi connectivity index (χ3v) is 7.11. The summed E-state index contributed by atoms with van der Waals surface area (Å²) >= 11 is 0. The maximum absolute atomic E-state index is 12.5. The number of carbonyl (C=O) groups excluding carboxylic acids is 1. The van der Waals surface area contributed by atoms with Crippen molar-refractivity contribution in [3.63, 3.8) is 0 Å². The molecule has 164 valence electrons. The second-order valence-corrected chi connectivity index (χ2v) is 9.64. The Morgan fingerprint density at radius 3 is 2.42 bits per heavy atom. The normalized spacial score (nSPS) is 14.8. The molecule has 1 aliphatic rings. The van der Waals surface area contributed by atoms with E-state index < -0.39 is 10.0 Å². The summed E-state index contributed by atoms with van der Waals surface area (Å²) in [5.41, 5.74) is 3.40. The Morgan fingerprint density at radius 1 is 1.13 bits per heavy atom. The quantitative estimate of drug-likeness (QED) is 0.689. The van der Waals surface area contributed by atoms with Gasteiger partial charge >= 0.3 is 0 Å². The van der Waals surface area contributed by atoms with Gasteiger partial charge in [0, 0.05) is 37.8 Å². The van der Waals surface area contributed by atoms with E-state index in [2.05, 4.69) is 21.0 Å². The van der Waals surface area contributed by atoms with Crippen molar-refractivity contribution >= 4 is 21.6 Å². The largest absolute Gasteiger partial charge is 0.371 e. The lowest BCUT2D eigenvalue weighted by atomic mass is 10.0. The van der Waals surface area contributed by atoms with Crippen molar-refractivity contribution in [2.45, 2.75) is 44.0 Å². The first kappa shape index (κ1) is 22.8. The van der Waals surface area contributed by atoms with Crippen LogP contribution in [-0.4, -0.2) is 40.0 Å². The van der Waals surface area contributed by atoms with Crippen LogP contribution in [0.3, 0.4) is 0 Å². The van der Waals surface area contributed by atoms with Crippen LogP contribution in [0.2, 0.25) is 0 Å². The van der Waals surface area contributed by atoms with Crippen LogP contribution in [0, 0.1) is 25.2 Å². The molecule has 0 saturated carbocycles. The number of anilines is 1. The van der Waals surface area contributed by atoms with Gasteiger partial charge in [-0.15, -0.1) is 0 Å². The van der Waals surface area contributed by atoms with Crippen molar-refractivity contribution in [3.8, 4) is 6.07 Å². The average Bonchev–Trinajstić information content (AvgIpc) is 2.74. The molecule has 0 aromatic heterocycles. The lowest BCUT2D eigenvalue weighted by Gasteiger charge is -2.34. The van der Waals surface area contributed by atoms with Crippen molar-refractivity contribution in [1.82, 2.24) is 10.0 Å². The molecule has 0 radical (unpaired) electrons. The molecule has 1 fully saturated rings. The van der Waals surface area contributed by atoms with Crippen LogP contribution in [0.1, 0.15) is 36.0 Å². The Labute approximate surface area is 184 Å². The van der Waals surface area contributed by atoms with Crippen molar-refractivity contribution in [1.29, 1.82) is 5.26 Å². The fourth-order valence-corrected chi connectivity index (χ4v) is 5.06. The molecule has 0 spiro atoms. The lowest BCUT2D eigenvalue weighted by Crippen LogP contribution is -2.45. The monoisotopic (exact) mass is 440 g/mol. The van der Waals surface area contributed by atoms with Gasteiger partial charge in [0.25, 0.3) is 0 Å². The molecule has 0 aliphatic carbocycles. The molecule has 2 aromatic carbocycles. The molecule has 1 saturated heterocycles. The predicted molar refractivity (Wildman–Crippen MR) is 120 cm³/mol. The van der Waals surface area contributed by atoms with E-state index in [-0.39, 0.29) is 29.8 Å². The fraction of sp³-hybridized carbons (Fsp3) is 0.391.